The monoisotopic (exact) mass is 322 g/mol. The molecule has 2 aromatic carbocycles. The van der Waals surface area contributed by atoms with E-state index in [9.17, 15) is 4.79 Å². The van der Waals surface area contributed by atoms with E-state index in [0.717, 1.165) is 17.8 Å². The van der Waals surface area contributed by atoms with Crippen LogP contribution in [0.25, 0.3) is 0 Å². The third-order valence-corrected chi connectivity index (χ3v) is 4.80. The Morgan fingerprint density at radius 2 is 1.79 bits per heavy atom. The van der Waals surface area contributed by atoms with E-state index in [1.54, 1.807) is 0 Å². The van der Waals surface area contributed by atoms with Crippen LogP contribution in [0.3, 0.4) is 0 Å². The molecule has 3 nitrogen and oxygen atoms in total. The van der Waals surface area contributed by atoms with Crippen LogP contribution in [0.5, 0.6) is 0 Å². The highest BCUT2D eigenvalue weighted by atomic mass is 16.2. The highest BCUT2D eigenvalue weighted by molar-refractivity contribution is 5.95. The van der Waals surface area contributed by atoms with Crippen LogP contribution in [-0.2, 0) is 4.79 Å². The number of nitrogens with zero attached hydrogens (tertiary/aromatic N) is 1. The van der Waals surface area contributed by atoms with E-state index in [4.69, 9.17) is 0 Å². The Labute approximate surface area is 144 Å². The molecule has 24 heavy (non-hydrogen) atoms. The molecule has 2 atom stereocenters. The van der Waals surface area contributed by atoms with Gasteiger partial charge in [-0.05, 0) is 51.0 Å². The summed E-state index contributed by atoms with van der Waals surface area (Å²) in [5.74, 6) is 0.196. The molecule has 0 saturated carbocycles. The second-order valence-electron chi connectivity index (χ2n) is 6.83. The van der Waals surface area contributed by atoms with E-state index in [1.807, 2.05) is 11.8 Å². The molecule has 0 bridgehead atoms. The molecule has 0 spiro atoms. The van der Waals surface area contributed by atoms with Crippen LogP contribution in [0.4, 0.5) is 11.4 Å². The molecule has 0 aliphatic carbocycles. The zero-order valence-electron chi connectivity index (χ0n) is 15.0. The molecular weight excluding hydrogens is 296 g/mol. The number of hydrogen-bond donors (Lipinski definition) is 1. The van der Waals surface area contributed by atoms with Gasteiger partial charge >= 0.3 is 0 Å². The third-order valence-electron chi connectivity index (χ3n) is 4.80. The smallest absolute Gasteiger partial charge is 0.226 e. The van der Waals surface area contributed by atoms with Gasteiger partial charge in [-0.15, -0.1) is 0 Å². The van der Waals surface area contributed by atoms with Crippen molar-refractivity contribution in [3.63, 3.8) is 0 Å². The van der Waals surface area contributed by atoms with Crippen molar-refractivity contribution in [3.05, 3.63) is 59.2 Å². The number of aryl methyl sites for hydroxylation is 2. The Morgan fingerprint density at radius 3 is 2.46 bits per heavy atom. The SMILES string of the molecule is CCC(=O)N1c2ccc(C)cc2[C@@H](Nc2ccc(C)cc2)C[C@@H]1C. The zero-order valence-corrected chi connectivity index (χ0v) is 15.0. The number of carbonyl (C=O) groups excluding carboxylic acids is 1. The van der Waals surface area contributed by atoms with Gasteiger partial charge in [-0.3, -0.25) is 4.79 Å². The topological polar surface area (TPSA) is 32.3 Å². The molecule has 126 valence electrons. The van der Waals surface area contributed by atoms with Gasteiger partial charge in [0.1, 0.15) is 0 Å². The summed E-state index contributed by atoms with van der Waals surface area (Å²) in [6, 6.07) is 15.3. The summed E-state index contributed by atoms with van der Waals surface area (Å²) in [5, 5.41) is 3.66. The first-order valence-corrected chi connectivity index (χ1v) is 8.75. The number of rotatable bonds is 3. The highest BCUT2D eigenvalue weighted by Crippen LogP contribution is 2.39. The van der Waals surface area contributed by atoms with Crippen LogP contribution in [0.1, 0.15) is 49.4 Å². The van der Waals surface area contributed by atoms with E-state index < -0.39 is 0 Å². The van der Waals surface area contributed by atoms with Gasteiger partial charge in [0.2, 0.25) is 5.91 Å². The van der Waals surface area contributed by atoms with Gasteiger partial charge in [-0.1, -0.05) is 42.3 Å². The van der Waals surface area contributed by atoms with E-state index in [0.29, 0.717) is 6.42 Å². The Balaban J connectivity index is 1.98. The van der Waals surface area contributed by atoms with Crippen LogP contribution in [-0.4, -0.2) is 11.9 Å². The van der Waals surface area contributed by atoms with Crippen molar-refractivity contribution >= 4 is 17.3 Å². The maximum absolute atomic E-state index is 12.4. The van der Waals surface area contributed by atoms with Crippen molar-refractivity contribution in [2.75, 3.05) is 10.2 Å². The van der Waals surface area contributed by atoms with Crippen LogP contribution in [0, 0.1) is 13.8 Å². The van der Waals surface area contributed by atoms with Crippen molar-refractivity contribution in [2.45, 2.75) is 52.6 Å². The number of anilines is 2. The van der Waals surface area contributed by atoms with Crippen LogP contribution < -0.4 is 10.2 Å². The van der Waals surface area contributed by atoms with Crippen molar-refractivity contribution in [2.24, 2.45) is 0 Å². The molecule has 2 aromatic rings. The van der Waals surface area contributed by atoms with Gasteiger partial charge in [0, 0.05) is 23.8 Å². The van der Waals surface area contributed by atoms with Crippen LogP contribution >= 0.6 is 0 Å². The number of carbonyl (C=O) groups is 1. The van der Waals surface area contributed by atoms with Gasteiger partial charge < -0.3 is 10.2 Å². The molecule has 1 N–H and O–H groups in total. The molecule has 0 radical (unpaired) electrons. The second-order valence-corrected chi connectivity index (χ2v) is 6.83. The Morgan fingerprint density at radius 1 is 1.12 bits per heavy atom. The van der Waals surface area contributed by atoms with Gasteiger partial charge in [-0.25, -0.2) is 0 Å². The molecule has 3 rings (SSSR count). The maximum atomic E-state index is 12.4. The predicted octanol–water partition coefficient (Wildman–Crippen LogP) is 4.99. The molecule has 0 unspecified atom stereocenters. The van der Waals surface area contributed by atoms with Crippen molar-refractivity contribution < 1.29 is 4.79 Å². The first-order chi connectivity index (χ1) is 11.5. The number of amides is 1. The average Bonchev–Trinajstić information content (AvgIpc) is 2.57. The molecule has 1 amide bonds. The zero-order chi connectivity index (χ0) is 17.3. The van der Waals surface area contributed by atoms with Crippen molar-refractivity contribution in [3.8, 4) is 0 Å². The lowest BCUT2D eigenvalue weighted by Crippen LogP contribution is -2.44. The van der Waals surface area contributed by atoms with Gasteiger partial charge in [-0.2, -0.15) is 0 Å². The minimum atomic E-state index is 0.190. The standard InChI is InChI=1S/C21H26N2O/c1-5-21(24)23-16(4)13-19(18-12-15(3)8-11-20(18)23)22-17-9-6-14(2)7-10-17/h6-12,16,19,22H,5,13H2,1-4H3/t16-,19-/m0/s1. The minimum absolute atomic E-state index is 0.190. The van der Waals surface area contributed by atoms with Gasteiger partial charge in [0.05, 0.1) is 6.04 Å². The molecular formula is C21H26N2O. The molecule has 1 heterocycles. The molecule has 0 saturated heterocycles. The molecule has 3 heteroatoms. The predicted molar refractivity (Wildman–Crippen MR) is 101 cm³/mol. The number of benzene rings is 2. The summed E-state index contributed by atoms with van der Waals surface area (Å²) in [7, 11) is 0. The highest BCUT2D eigenvalue weighted by Gasteiger charge is 2.33. The molecule has 1 aliphatic rings. The first kappa shape index (κ1) is 16.6. The van der Waals surface area contributed by atoms with Gasteiger partial charge in [0.15, 0.2) is 0 Å². The lowest BCUT2D eigenvalue weighted by atomic mass is 9.90. The summed E-state index contributed by atoms with van der Waals surface area (Å²) < 4.78 is 0. The van der Waals surface area contributed by atoms with E-state index >= 15 is 0 Å². The summed E-state index contributed by atoms with van der Waals surface area (Å²) >= 11 is 0. The fraction of sp³-hybridized carbons (Fsp3) is 0.381. The van der Waals surface area contributed by atoms with Crippen LogP contribution in [0.2, 0.25) is 0 Å². The fourth-order valence-electron chi connectivity index (χ4n) is 3.52. The normalized spacial score (nSPS) is 19.8. The summed E-state index contributed by atoms with van der Waals surface area (Å²) in [6.07, 6.45) is 1.45. The Bertz CT molecular complexity index is 736. The van der Waals surface area contributed by atoms with E-state index in [-0.39, 0.29) is 18.0 Å². The Hall–Kier alpha value is -2.29. The summed E-state index contributed by atoms with van der Waals surface area (Å²) in [4.78, 5) is 14.4. The quantitative estimate of drug-likeness (QED) is 0.863. The van der Waals surface area contributed by atoms with Gasteiger partial charge in [0.25, 0.3) is 0 Å². The largest absolute Gasteiger partial charge is 0.378 e. The fourth-order valence-corrected chi connectivity index (χ4v) is 3.52. The van der Waals surface area contributed by atoms with Crippen LogP contribution in [0.15, 0.2) is 42.5 Å². The lowest BCUT2D eigenvalue weighted by Gasteiger charge is -2.40. The number of fused-ring (bicyclic) bond motifs is 1. The average molecular weight is 322 g/mol. The molecule has 1 aliphatic heterocycles. The lowest BCUT2D eigenvalue weighted by molar-refractivity contribution is -0.118. The summed E-state index contributed by atoms with van der Waals surface area (Å²) in [5.41, 5.74) is 5.88. The molecule has 0 fully saturated rings. The van der Waals surface area contributed by atoms with E-state index in [2.05, 4.69) is 68.6 Å². The van der Waals surface area contributed by atoms with E-state index in [1.165, 1.54) is 16.7 Å². The number of hydrogen-bond acceptors (Lipinski definition) is 2. The second kappa shape index (κ2) is 6.68. The third kappa shape index (κ3) is 3.16. The van der Waals surface area contributed by atoms with Crippen molar-refractivity contribution in [1.82, 2.24) is 0 Å². The molecule has 0 aromatic heterocycles. The maximum Gasteiger partial charge on any atom is 0.226 e. The van der Waals surface area contributed by atoms with Crippen molar-refractivity contribution in [1.29, 1.82) is 0 Å². The minimum Gasteiger partial charge on any atom is -0.378 e. The number of nitrogens with one attached hydrogen (secondary N) is 1. The Kier molecular flexibility index (Phi) is 4.61. The first-order valence-electron chi connectivity index (χ1n) is 8.75. The summed E-state index contributed by atoms with van der Waals surface area (Å²) in [6.45, 7) is 8.27.